The molecule has 1 aromatic carbocycles. The first-order valence-corrected chi connectivity index (χ1v) is 5.37. The van der Waals surface area contributed by atoms with Gasteiger partial charge in [0.05, 0.1) is 11.3 Å². The molecule has 0 saturated heterocycles. The summed E-state index contributed by atoms with van der Waals surface area (Å²) in [7, 11) is 0. The normalized spacial score (nSPS) is 9.87. The predicted octanol–water partition coefficient (Wildman–Crippen LogP) is 1.70. The van der Waals surface area contributed by atoms with E-state index in [4.69, 9.17) is 10.2 Å². The van der Waals surface area contributed by atoms with Gasteiger partial charge < -0.3 is 10.2 Å². The van der Waals surface area contributed by atoms with Gasteiger partial charge in [-0.2, -0.15) is 0 Å². The zero-order valence-corrected chi connectivity index (χ0v) is 8.66. The molecule has 15 heavy (non-hydrogen) atoms. The molecule has 0 amide bonds. The SMILES string of the molecule is O=C(O)CSCc1ccccc1C(=O)O. The molecule has 0 aliphatic rings. The molecule has 0 spiro atoms. The summed E-state index contributed by atoms with van der Waals surface area (Å²) in [5, 5.41) is 17.3. The maximum absolute atomic E-state index is 10.8. The number of aliphatic carboxylic acids is 1. The molecule has 0 unspecified atom stereocenters. The molecule has 0 aromatic heterocycles. The predicted molar refractivity (Wildman–Crippen MR) is 57.2 cm³/mol. The van der Waals surface area contributed by atoms with Gasteiger partial charge in [-0.05, 0) is 11.6 Å². The highest BCUT2D eigenvalue weighted by Gasteiger charge is 2.09. The van der Waals surface area contributed by atoms with Crippen molar-refractivity contribution in [3.8, 4) is 0 Å². The van der Waals surface area contributed by atoms with Gasteiger partial charge in [-0.25, -0.2) is 4.79 Å². The third-order valence-corrected chi connectivity index (χ3v) is 2.70. The lowest BCUT2D eigenvalue weighted by Crippen LogP contribution is -2.03. The molecule has 0 heterocycles. The lowest BCUT2D eigenvalue weighted by Gasteiger charge is -2.03. The topological polar surface area (TPSA) is 74.6 Å². The van der Waals surface area contributed by atoms with Gasteiger partial charge in [-0.15, -0.1) is 11.8 Å². The molecule has 0 atom stereocenters. The largest absolute Gasteiger partial charge is 0.481 e. The Bertz CT molecular complexity index is 375. The highest BCUT2D eigenvalue weighted by molar-refractivity contribution is 7.99. The summed E-state index contributed by atoms with van der Waals surface area (Å²) in [5.41, 5.74) is 0.881. The van der Waals surface area contributed by atoms with Crippen molar-refractivity contribution in [2.24, 2.45) is 0 Å². The summed E-state index contributed by atoms with van der Waals surface area (Å²) in [4.78, 5) is 21.1. The number of thioether (sulfide) groups is 1. The molecule has 5 heteroatoms. The summed E-state index contributed by atoms with van der Waals surface area (Å²) in [6.45, 7) is 0. The molecule has 1 rings (SSSR count). The average molecular weight is 226 g/mol. The van der Waals surface area contributed by atoms with Gasteiger partial charge in [-0.1, -0.05) is 18.2 Å². The standard InChI is InChI=1S/C10H10O4S/c11-9(12)6-15-5-7-3-1-2-4-8(7)10(13)14/h1-4H,5-6H2,(H,11,12)(H,13,14). The molecule has 4 nitrogen and oxygen atoms in total. The van der Waals surface area contributed by atoms with Crippen LogP contribution in [-0.4, -0.2) is 27.9 Å². The van der Waals surface area contributed by atoms with Gasteiger partial charge in [-0.3, -0.25) is 4.79 Å². The Kier molecular flexibility index (Phi) is 4.17. The molecule has 0 aliphatic heterocycles. The first-order valence-electron chi connectivity index (χ1n) is 4.22. The number of carboxylic acids is 2. The van der Waals surface area contributed by atoms with Crippen molar-refractivity contribution in [3.63, 3.8) is 0 Å². The highest BCUT2D eigenvalue weighted by Crippen LogP contribution is 2.16. The molecule has 0 saturated carbocycles. The first-order chi connectivity index (χ1) is 7.11. The van der Waals surface area contributed by atoms with Crippen LogP contribution in [0.2, 0.25) is 0 Å². The maximum atomic E-state index is 10.8. The van der Waals surface area contributed by atoms with E-state index in [0.29, 0.717) is 11.3 Å². The molecule has 1 aromatic rings. The van der Waals surface area contributed by atoms with Crippen molar-refractivity contribution in [3.05, 3.63) is 35.4 Å². The first kappa shape index (κ1) is 11.6. The van der Waals surface area contributed by atoms with E-state index in [9.17, 15) is 9.59 Å². The number of hydrogen-bond acceptors (Lipinski definition) is 3. The number of carbonyl (C=O) groups is 2. The number of hydrogen-bond donors (Lipinski definition) is 2. The number of rotatable bonds is 5. The van der Waals surface area contributed by atoms with Gasteiger partial charge in [0.1, 0.15) is 0 Å². The van der Waals surface area contributed by atoms with E-state index in [2.05, 4.69) is 0 Å². The van der Waals surface area contributed by atoms with Crippen molar-refractivity contribution in [2.75, 3.05) is 5.75 Å². The molecular weight excluding hydrogens is 216 g/mol. The van der Waals surface area contributed by atoms with Crippen LogP contribution < -0.4 is 0 Å². The minimum Gasteiger partial charge on any atom is -0.481 e. The van der Waals surface area contributed by atoms with Gasteiger partial charge in [0.25, 0.3) is 0 Å². The summed E-state index contributed by atoms with van der Waals surface area (Å²) in [6.07, 6.45) is 0. The Labute approximate surface area is 90.9 Å². The third-order valence-electron chi connectivity index (χ3n) is 1.73. The molecule has 0 radical (unpaired) electrons. The van der Waals surface area contributed by atoms with Crippen LogP contribution in [0.15, 0.2) is 24.3 Å². The number of carboxylic acid groups (broad SMARTS) is 2. The second-order valence-corrected chi connectivity index (χ2v) is 3.83. The molecule has 0 bridgehead atoms. The Morgan fingerprint density at radius 2 is 1.87 bits per heavy atom. The average Bonchev–Trinajstić information content (AvgIpc) is 2.17. The van der Waals surface area contributed by atoms with Gasteiger partial charge in [0, 0.05) is 5.75 Å². The van der Waals surface area contributed by atoms with Gasteiger partial charge in [0.15, 0.2) is 0 Å². The summed E-state index contributed by atoms with van der Waals surface area (Å²) in [6, 6.07) is 6.59. The Balaban J connectivity index is 2.67. The fourth-order valence-corrected chi connectivity index (χ4v) is 1.85. The van der Waals surface area contributed by atoms with E-state index < -0.39 is 11.9 Å². The fourth-order valence-electron chi connectivity index (χ4n) is 1.10. The smallest absolute Gasteiger partial charge is 0.335 e. The van der Waals surface area contributed by atoms with E-state index in [0.717, 1.165) is 0 Å². The van der Waals surface area contributed by atoms with E-state index >= 15 is 0 Å². The lowest BCUT2D eigenvalue weighted by atomic mass is 10.1. The zero-order chi connectivity index (χ0) is 11.3. The maximum Gasteiger partial charge on any atom is 0.335 e. The van der Waals surface area contributed by atoms with Crippen molar-refractivity contribution < 1.29 is 19.8 Å². The highest BCUT2D eigenvalue weighted by atomic mass is 32.2. The van der Waals surface area contributed by atoms with Crippen molar-refractivity contribution in [1.82, 2.24) is 0 Å². The Morgan fingerprint density at radius 1 is 1.20 bits per heavy atom. The van der Waals surface area contributed by atoms with Gasteiger partial charge in [0.2, 0.25) is 0 Å². The van der Waals surface area contributed by atoms with Crippen molar-refractivity contribution in [2.45, 2.75) is 5.75 Å². The second-order valence-electron chi connectivity index (χ2n) is 2.85. The van der Waals surface area contributed by atoms with Crippen LogP contribution in [0.5, 0.6) is 0 Å². The Morgan fingerprint density at radius 3 is 2.47 bits per heavy atom. The number of benzene rings is 1. The quantitative estimate of drug-likeness (QED) is 0.799. The minimum atomic E-state index is -0.985. The van der Waals surface area contributed by atoms with Crippen molar-refractivity contribution >= 4 is 23.7 Å². The van der Waals surface area contributed by atoms with E-state index in [-0.39, 0.29) is 11.3 Å². The van der Waals surface area contributed by atoms with E-state index in [1.54, 1.807) is 18.2 Å². The molecular formula is C10H10O4S. The second kappa shape index (κ2) is 5.41. The molecule has 0 fully saturated rings. The summed E-state index contributed by atoms with van der Waals surface area (Å²) in [5.74, 6) is -1.50. The van der Waals surface area contributed by atoms with E-state index in [1.165, 1.54) is 17.8 Å². The fraction of sp³-hybridized carbons (Fsp3) is 0.200. The van der Waals surface area contributed by atoms with Crippen molar-refractivity contribution in [1.29, 1.82) is 0 Å². The van der Waals surface area contributed by atoms with Crippen LogP contribution in [0.3, 0.4) is 0 Å². The van der Waals surface area contributed by atoms with Crippen LogP contribution in [0.1, 0.15) is 15.9 Å². The van der Waals surface area contributed by atoms with Crippen LogP contribution in [-0.2, 0) is 10.5 Å². The monoisotopic (exact) mass is 226 g/mol. The van der Waals surface area contributed by atoms with E-state index in [1.807, 2.05) is 0 Å². The summed E-state index contributed by atoms with van der Waals surface area (Å²) < 4.78 is 0. The van der Waals surface area contributed by atoms with Gasteiger partial charge >= 0.3 is 11.9 Å². The summed E-state index contributed by atoms with van der Waals surface area (Å²) >= 11 is 1.18. The lowest BCUT2D eigenvalue weighted by molar-refractivity contribution is -0.133. The Hall–Kier alpha value is -1.49. The van der Waals surface area contributed by atoms with Crippen LogP contribution in [0.25, 0.3) is 0 Å². The van der Waals surface area contributed by atoms with Crippen LogP contribution in [0, 0.1) is 0 Å². The number of aromatic carboxylic acids is 1. The molecule has 0 aliphatic carbocycles. The van der Waals surface area contributed by atoms with Crippen LogP contribution >= 0.6 is 11.8 Å². The van der Waals surface area contributed by atoms with Crippen LogP contribution in [0.4, 0.5) is 0 Å². The molecule has 80 valence electrons. The third kappa shape index (κ3) is 3.63. The minimum absolute atomic E-state index is 0.0199. The zero-order valence-electron chi connectivity index (χ0n) is 7.84. The molecule has 2 N–H and O–H groups in total.